The van der Waals surface area contributed by atoms with Crippen molar-refractivity contribution < 1.29 is 17.9 Å². The van der Waals surface area contributed by atoms with Gasteiger partial charge < -0.3 is 10.1 Å². The quantitative estimate of drug-likeness (QED) is 0.568. The Morgan fingerprint density at radius 3 is 2.59 bits per heavy atom. The molecule has 150 valence electrons. The lowest BCUT2D eigenvalue weighted by Gasteiger charge is -2.12. The Labute approximate surface area is 162 Å². The van der Waals surface area contributed by atoms with Crippen molar-refractivity contribution in [1.82, 2.24) is 19.2 Å². The summed E-state index contributed by atoms with van der Waals surface area (Å²) in [5.74, 6) is 0.509. The van der Waals surface area contributed by atoms with Gasteiger partial charge in [-0.1, -0.05) is 0 Å². The number of ether oxygens (including phenoxy) is 1. The molecule has 0 atom stereocenters. The number of aryl methyl sites for hydroxylation is 1. The number of nitrogens with zero attached hydrogens (tertiary/aromatic N) is 4. The van der Waals surface area contributed by atoms with Crippen molar-refractivity contribution in [3.8, 4) is 17.0 Å². The van der Waals surface area contributed by atoms with Crippen molar-refractivity contribution >= 4 is 22.2 Å². The maximum Gasteiger partial charge on any atom is 0.433 e. The first kappa shape index (κ1) is 18.8. The lowest BCUT2D eigenvalue weighted by atomic mass is 10.1. The summed E-state index contributed by atoms with van der Waals surface area (Å²) in [5, 5.41) is 7.82. The zero-order valence-corrected chi connectivity index (χ0v) is 15.7. The van der Waals surface area contributed by atoms with E-state index in [2.05, 4.69) is 15.4 Å². The Kier molecular flexibility index (Phi) is 4.21. The van der Waals surface area contributed by atoms with Gasteiger partial charge in [-0.3, -0.25) is 14.3 Å². The van der Waals surface area contributed by atoms with E-state index >= 15 is 0 Å². The standard InChI is InChI=1S/C19H16F3N5O2/c1-23-13-7-11-14(9-15(13)29-3)27-17(26(2)18(11)28)8-12(25-27)10-4-5-24-16(6-10)19(20,21)22/h4-9,23H,1-3H3. The predicted octanol–water partition coefficient (Wildman–Crippen LogP) is 3.32. The molecule has 3 heterocycles. The minimum Gasteiger partial charge on any atom is -0.495 e. The summed E-state index contributed by atoms with van der Waals surface area (Å²) in [6.07, 6.45) is -3.48. The third-order valence-corrected chi connectivity index (χ3v) is 4.73. The topological polar surface area (TPSA) is 73.5 Å². The molecule has 0 spiro atoms. The van der Waals surface area contributed by atoms with Crippen LogP contribution in [0.1, 0.15) is 5.69 Å². The Bertz CT molecular complexity index is 1310. The van der Waals surface area contributed by atoms with Crippen LogP contribution in [0.5, 0.6) is 5.75 Å². The van der Waals surface area contributed by atoms with Gasteiger partial charge >= 0.3 is 6.18 Å². The van der Waals surface area contributed by atoms with E-state index in [4.69, 9.17) is 4.74 Å². The minimum absolute atomic E-state index is 0.246. The zero-order chi connectivity index (χ0) is 20.9. The fourth-order valence-electron chi connectivity index (χ4n) is 3.24. The molecule has 0 fully saturated rings. The van der Waals surface area contributed by atoms with Crippen LogP contribution in [-0.2, 0) is 13.2 Å². The number of alkyl halides is 3. The molecule has 4 rings (SSSR count). The molecule has 0 saturated carbocycles. The smallest absolute Gasteiger partial charge is 0.433 e. The van der Waals surface area contributed by atoms with Crippen LogP contribution in [0.4, 0.5) is 18.9 Å². The largest absolute Gasteiger partial charge is 0.495 e. The molecule has 0 aliphatic rings. The molecule has 0 aliphatic carbocycles. The minimum atomic E-state index is -4.56. The number of nitrogens with one attached hydrogen (secondary N) is 1. The van der Waals surface area contributed by atoms with E-state index in [9.17, 15) is 18.0 Å². The third kappa shape index (κ3) is 2.96. The Balaban J connectivity index is 2.02. The monoisotopic (exact) mass is 403 g/mol. The molecule has 0 aliphatic heterocycles. The van der Waals surface area contributed by atoms with Gasteiger partial charge in [-0.2, -0.15) is 18.3 Å². The number of hydrogen-bond acceptors (Lipinski definition) is 5. The second-order valence-corrected chi connectivity index (χ2v) is 6.41. The Morgan fingerprint density at radius 2 is 1.93 bits per heavy atom. The number of anilines is 1. The molecule has 4 aromatic rings. The van der Waals surface area contributed by atoms with Crippen LogP contribution in [0.3, 0.4) is 0 Å². The van der Waals surface area contributed by atoms with E-state index in [0.717, 1.165) is 12.3 Å². The Hall–Kier alpha value is -3.56. The number of methoxy groups -OCH3 is 1. The van der Waals surface area contributed by atoms with Crippen molar-refractivity contribution in [2.75, 3.05) is 19.5 Å². The molecule has 0 amide bonds. The zero-order valence-electron chi connectivity index (χ0n) is 15.7. The molecule has 1 aromatic carbocycles. The molecule has 10 heteroatoms. The number of benzene rings is 1. The average Bonchev–Trinajstić information content (AvgIpc) is 3.16. The number of aromatic nitrogens is 4. The van der Waals surface area contributed by atoms with Gasteiger partial charge in [0, 0.05) is 38.0 Å². The number of pyridine rings is 1. The summed E-state index contributed by atoms with van der Waals surface area (Å²) in [6, 6.07) is 7.26. The van der Waals surface area contributed by atoms with Gasteiger partial charge in [-0.25, -0.2) is 4.52 Å². The van der Waals surface area contributed by atoms with Crippen LogP contribution >= 0.6 is 0 Å². The number of hydrogen-bond donors (Lipinski definition) is 1. The lowest BCUT2D eigenvalue weighted by molar-refractivity contribution is -0.141. The molecule has 0 unspecified atom stereocenters. The number of rotatable bonds is 3. The summed E-state index contributed by atoms with van der Waals surface area (Å²) in [4.78, 5) is 16.2. The highest BCUT2D eigenvalue weighted by Gasteiger charge is 2.32. The van der Waals surface area contributed by atoms with Gasteiger partial charge in [-0.05, 0) is 18.2 Å². The molecule has 0 saturated heterocycles. The highest BCUT2D eigenvalue weighted by molar-refractivity contribution is 5.87. The second kappa shape index (κ2) is 6.50. The van der Waals surface area contributed by atoms with Gasteiger partial charge in [0.2, 0.25) is 0 Å². The maximum atomic E-state index is 13.0. The van der Waals surface area contributed by atoms with Crippen LogP contribution in [-0.4, -0.2) is 33.3 Å². The van der Waals surface area contributed by atoms with Gasteiger partial charge in [0.15, 0.2) is 0 Å². The van der Waals surface area contributed by atoms with Crippen LogP contribution in [0, 0.1) is 0 Å². The average molecular weight is 403 g/mol. The van der Waals surface area contributed by atoms with E-state index in [1.165, 1.54) is 22.3 Å². The molecule has 0 radical (unpaired) electrons. The molecule has 29 heavy (non-hydrogen) atoms. The van der Waals surface area contributed by atoms with Crippen molar-refractivity contribution in [2.45, 2.75) is 6.18 Å². The lowest BCUT2D eigenvalue weighted by Crippen LogP contribution is -2.20. The molecular formula is C19H16F3N5O2. The van der Waals surface area contributed by atoms with E-state index in [1.54, 1.807) is 32.3 Å². The van der Waals surface area contributed by atoms with E-state index in [0.29, 0.717) is 28.0 Å². The highest BCUT2D eigenvalue weighted by atomic mass is 19.4. The van der Waals surface area contributed by atoms with Gasteiger partial charge in [0.05, 0.1) is 29.4 Å². The first-order chi connectivity index (χ1) is 13.7. The van der Waals surface area contributed by atoms with Crippen molar-refractivity contribution in [3.63, 3.8) is 0 Å². The van der Waals surface area contributed by atoms with E-state index < -0.39 is 11.9 Å². The maximum absolute atomic E-state index is 13.0. The fraction of sp³-hybridized carbons (Fsp3) is 0.211. The summed E-state index contributed by atoms with van der Waals surface area (Å²) in [5.41, 5.74) is 0.813. The number of fused-ring (bicyclic) bond motifs is 3. The summed E-state index contributed by atoms with van der Waals surface area (Å²) in [6.45, 7) is 0. The Morgan fingerprint density at radius 1 is 1.17 bits per heavy atom. The molecular weight excluding hydrogens is 387 g/mol. The molecule has 3 aromatic heterocycles. The summed E-state index contributed by atoms with van der Waals surface area (Å²) in [7, 11) is 4.80. The number of halogens is 3. The van der Waals surface area contributed by atoms with Crippen molar-refractivity contribution in [1.29, 1.82) is 0 Å². The summed E-state index contributed by atoms with van der Waals surface area (Å²) < 4.78 is 47.3. The summed E-state index contributed by atoms with van der Waals surface area (Å²) >= 11 is 0. The van der Waals surface area contributed by atoms with E-state index in [1.807, 2.05) is 0 Å². The van der Waals surface area contributed by atoms with Crippen LogP contribution in [0.25, 0.3) is 27.8 Å². The van der Waals surface area contributed by atoms with Crippen molar-refractivity contribution in [3.05, 3.63) is 52.6 Å². The fourth-order valence-corrected chi connectivity index (χ4v) is 3.24. The first-order valence-electron chi connectivity index (χ1n) is 8.56. The van der Waals surface area contributed by atoms with Crippen LogP contribution in [0.2, 0.25) is 0 Å². The van der Waals surface area contributed by atoms with Crippen LogP contribution < -0.4 is 15.6 Å². The normalized spacial score (nSPS) is 11.9. The predicted molar refractivity (Wildman–Crippen MR) is 102 cm³/mol. The van der Waals surface area contributed by atoms with Gasteiger partial charge in [0.1, 0.15) is 17.1 Å². The third-order valence-electron chi connectivity index (χ3n) is 4.73. The van der Waals surface area contributed by atoms with Crippen LogP contribution in [0.15, 0.2) is 41.3 Å². The van der Waals surface area contributed by atoms with Gasteiger partial charge in [-0.15, -0.1) is 0 Å². The first-order valence-corrected chi connectivity index (χ1v) is 8.56. The van der Waals surface area contributed by atoms with Gasteiger partial charge in [0.25, 0.3) is 5.56 Å². The molecule has 7 nitrogen and oxygen atoms in total. The van der Waals surface area contributed by atoms with Crippen molar-refractivity contribution in [2.24, 2.45) is 7.05 Å². The molecule has 0 bridgehead atoms. The van der Waals surface area contributed by atoms with E-state index in [-0.39, 0.29) is 16.8 Å². The highest BCUT2D eigenvalue weighted by Crippen LogP contribution is 2.32. The second-order valence-electron chi connectivity index (χ2n) is 6.41. The SMILES string of the molecule is CNc1cc2c(=O)n(C)c3cc(-c4ccnc(C(F)(F)F)c4)nn3c2cc1OC. The molecule has 1 N–H and O–H groups in total.